The number of piperidine rings is 1. The molecule has 0 radical (unpaired) electrons. The van der Waals surface area contributed by atoms with E-state index in [1.54, 1.807) is 5.51 Å². The van der Waals surface area contributed by atoms with Gasteiger partial charge in [0, 0.05) is 34.8 Å². The first-order valence-electron chi connectivity index (χ1n) is 9.83. The molecule has 0 unspecified atom stereocenters. The summed E-state index contributed by atoms with van der Waals surface area (Å²) in [6, 6.07) is 4.47. The molecular weight excluding hydrogens is 451 g/mol. The summed E-state index contributed by atoms with van der Waals surface area (Å²) in [6.07, 6.45) is -1.52. The number of carboxylic acids is 1. The number of aryl methyl sites for hydroxylation is 1. The quantitative estimate of drug-likeness (QED) is 0.718. The molecule has 0 aromatic carbocycles. The summed E-state index contributed by atoms with van der Waals surface area (Å²) < 4.78 is 31.7. The number of hydrogen-bond acceptors (Lipinski definition) is 6. The van der Waals surface area contributed by atoms with E-state index in [2.05, 4.69) is 28.9 Å². The smallest absolute Gasteiger partial charge is 0.475 e. The first kappa shape index (κ1) is 23.7. The van der Waals surface area contributed by atoms with Gasteiger partial charge >= 0.3 is 12.1 Å². The summed E-state index contributed by atoms with van der Waals surface area (Å²) in [5.74, 6) is -2.64. The third kappa shape index (κ3) is 6.27. The number of halogens is 3. The Bertz CT molecular complexity index is 891. The van der Waals surface area contributed by atoms with E-state index in [9.17, 15) is 18.0 Å². The van der Waals surface area contributed by atoms with Crippen LogP contribution in [0.1, 0.15) is 39.5 Å². The fraction of sp³-hybridized carbons (Fsp3) is 0.550. The van der Waals surface area contributed by atoms with Gasteiger partial charge in [0.15, 0.2) is 0 Å². The van der Waals surface area contributed by atoms with Crippen molar-refractivity contribution < 1.29 is 27.9 Å². The topological polar surface area (TPSA) is 73.7 Å². The van der Waals surface area contributed by atoms with Crippen LogP contribution >= 0.6 is 22.7 Å². The molecule has 4 heterocycles. The molecule has 1 spiro atoms. The number of likely N-dealkylation sites (tertiary alicyclic amines) is 2. The Morgan fingerprint density at radius 1 is 1.19 bits per heavy atom. The second-order valence-corrected chi connectivity index (χ2v) is 10.0. The van der Waals surface area contributed by atoms with Crippen molar-refractivity contribution in [2.45, 2.75) is 38.9 Å². The molecule has 2 aliphatic rings. The van der Waals surface area contributed by atoms with Crippen molar-refractivity contribution >= 4 is 34.6 Å². The lowest BCUT2D eigenvalue weighted by molar-refractivity contribution is -0.192. The average molecular weight is 476 g/mol. The first-order chi connectivity index (χ1) is 14.6. The zero-order chi connectivity index (χ0) is 22.6. The van der Waals surface area contributed by atoms with Crippen LogP contribution in [-0.4, -0.2) is 64.1 Å². The largest absolute Gasteiger partial charge is 0.490 e. The predicted octanol–water partition coefficient (Wildman–Crippen LogP) is 4.27. The molecule has 0 saturated carbocycles. The van der Waals surface area contributed by atoms with Crippen molar-refractivity contribution in [2.75, 3.05) is 26.2 Å². The second-order valence-electron chi connectivity index (χ2n) is 7.94. The van der Waals surface area contributed by atoms with Crippen LogP contribution < -0.4 is 0 Å². The van der Waals surface area contributed by atoms with Crippen LogP contribution in [0.5, 0.6) is 0 Å². The minimum Gasteiger partial charge on any atom is -0.475 e. The second kappa shape index (κ2) is 9.66. The van der Waals surface area contributed by atoms with Gasteiger partial charge in [0.25, 0.3) is 5.91 Å². The van der Waals surface area contributed by atoms with E-state index in [0.717, 1.165) is 39.1 Å². The van der Waals surface area contributed by atoms with Crippen LogP contribution in [0, 0.1) is 12.3 Å². The van der Waals surface area contributed by atoms with Crippen LogP contribution in [0.3, 0.4) is 0 Å². The number of thiazole rings is 1. The maximum Gasteiger partial charge on any atom is 0.490 e. The van der Waals surface area contributed by atoms with Crippen LogP contribution in [0.2, 0.25) is 0 Å². The number of alkyl halides is 3. The summed E-state index contributed by atoms with van der Waals surface area (Å²) in [7, 11) is 0. The number of nitrogens with zero attached hydrogens (tertiary/aromatic N) is 3. The Hall–Kier alpha value is -1.98. The molecule has 2 saturated heterocycles. The van der Waals surface area contributed by atoms with Gasteiger partial charge in [-0.1, -0.05) is 0 Å². The van der Waals surface area contributed by atoms with Gasteiger partial charge in [-0.2, -0.15) is 13.2 Å². The van der Waals surface area contributed by atoms with E-state index < -0.39 is 12.1 Å². The van der Waals surface area contributed by atoms with E-state index in [1.165, 1.54) is 33.9 Å². The monoisotopic (exact) mass is 475 g/mol. The molecule has 1 amide bonds. The summed E-state index contributed by atoms with van der Waals surface area (Å²) >= 11 is 3.40. The van der Waals surface area contributed by atoms with Gasteiger partial charge in [-0.05, 0) is 56.8 Å². The van der Waals surface area contributed by atoms with Crippen molar-refractivity contribution in [1.29, 1.82) is 0 Å². The highest BCUT2D eigenvalue weighted by Gasteiger charge is 2.42. The van der Waals surface area contributed by atoms with Crippen molar-refractivity contribution in [2.24, 2.45) is 5.41 Å². The standard InChI is InChI=1S/C18H23N3OS2.C2HF3O2/c1-14-2-3-15(24-14)10-20-7-4-18(5-8-20)6-9-21(12-18)17(22)16-11-23-13-19-16;3-2(4,5)1(6)7/h2-3,11,13H,4-10,12H2,1H3;(H,6,7). The van der Waals surface area contributed by atoms with Crippen molar-refractivity contribution in [3.05, 3.63) is 38.5 Å². The van der Waals surface area contributed by atoms with Gasteiger partial charge in [0.1, 0.15) is 5.69 Å². The Balaban J connectivity index is 0.000000339. The highest BCUT2D eigenvalue weighted by atomic mass is 32.1. The minimum atomic E-state index is -5.08. The molecule has 1 N–H and O–H groups in total. The van der Waals surface area contributed by atoms with Gasteiger partial charge < -0.3 is 10.0 Å². The normalized spacial score (nSPS) is 18.6. The number of aromatic nitrogens is 1. The molecule has 2 fully saturated rings. The number of rotatable bonds is 3. The predicted molar refractivity (Wildman–Crippen MR) is 112 cm³/mol. The fourth-order valence-corrected chi connectivity index (χ4v) is 5.43. The molecule has 6 nitrogen and oxygen atoms in total. The van der Waals surface area contributed by atoms with Gasteiger partial charge in [-0.15, -0.1) is 22.7 Å². The first-order valence-corrected chi connectivity index (χ1v) is 11.6. The summed E-state index contributed by atoms with van der Waals surface area (Å²) in [6.45, 7) is 7.35. The zero-order valence-electron chi connectivity index (χ0n) is 17.0. The number of thiophene rings is 1. The van der Waals surface area contributed by atoms with E-state index in [4.69, 9.17) is 9.90 Å². The Kier molecular flexibility index (Phi) is 7.38. The Labute approximate surface area is 186 Å². The fourth-order valence-electron chi connectivity index (χ4n) is 3.97. The van der Waals surface area contributed by atoms with Gasteiger partial charge in [-0.25, -0.2) is 9.78 Å². The maximum atomic E-state index is 12.5. The van der Waals surface area contributed by atoms with E-state index >= 15 is 0 Å². The summed E-state index contributed by atoms with van der Waals surface area (Å²) in [5, 5.41) is 8.99. The maximum absolute atomic E-state index is 12.5. The van der Waals surface area contributed by atoms with Crippen LogP contribution in [0.25, 0.3) is 0 Å². The molecule has 11 heteroatoms. The Morgan fingerprint density at radius 2 is 1.84 bits per heavy atom. The lowest BCUT2D eigenvalue weighted by atomic mass is 9.78. The number of carboxylic acid groups (broad SMARTS) is 1. The summed E-state index contributed by atoms with van der Waals surface area (Å²) in [5.41, 5.74) is 2.69. The molecule has 4 rings (SSSR count). The molecule has 2 aliphatic heterocycles. The summed E-state index contributed by atoms with van der Waals surface area (Å²) in [4.78, 5) is 33.0. The van der Waals surface area contributed by atoms with Gasteiger partial charge in [-0.3, -0.25) is 9.69 Å². The third-order valence-electron chi connectivity index (χ3n) is 5.71. The number of amides is 1. The molecule has 0 bridgehead atoms. The van der Waals surface area contributed by atoms with E-state index in [-0.39, 0.29) is 5.91 Å². The highest BCUT2D eigenvalue weighted by molar-refractivity contribution is 7.11. The van der Waals surface area contributed by atoms with E-state index in [1.807, 2.05) is 21.6 Å². The molecular formula is C20H24F3N3O3S2. The van der Waals surface area contributed by atoms with Crippen molar-refractivity contribution in [3.63, 3.8) is 0 Å². The molecule has 0 aliphatic carbocycles. The van der Waals surface area contributed by atoms with E-state index in [0.29, 0.717) is 11.1 Å². The lowest BCUT2D eigenvalue weighted by Gasteiger charge is -2.39. The molecule has 170 valence electrons. The molecule has 0 atom stereocenters. The number of carbonyl (C=O) groups excluding carboxylic acids is 1. The third-order valence-corrected chi connectivity index (χ3v) is 7.28. The van der Waals surface area contributed by atoms with Gasteiger partial charge in [0.2, 0.25) is 0 Å². The number of hydrogen-bond donors (Lipinski definition) is 1. The minimum absolute atomic E-state index is 0.115. The van der Waals surface area contributed by atoms with Crippen LogP contribution in [0.15, 0.2) is 23.0 Å². The zero-order valence-corrected chi connectivity index (χ0v) is 18.7. The van der Waals surface area contributed by atoms with Crippen molar-refractivity contribution in [3.8, 4) is 0 Å². The lowest BCUT2D eigenvalue weighted by Crippen LogP contribution is -2.41. The number of aliphatic carboxylic acids is 1. The van der Waals surface area contributed by atoms with Crippen LogP contribution in [-0.2, 0) is 11.3 Å². The molecule has 31 heavy (non-hydrogen) atoms. The molecule has 2 aromatic heterocycles. The van der Waals surface area contributed by atoms with Crippen LogP contribution in [0.4, 0.5) is 13.2 Å². The SMILES string of the molecule is Cc1ccc(CN2CCC3(CC2)CCN(C(=O)c2cscn2)C3)s1.O=C(O)C(F)(F)F. The van der Waals surface area contributed by atoms with Crippen molar-refractivity contribution in [1.82, 2.24) is 14.8 Å². The Morgan fingerprint density at radius 3 is 2.35 bits per heavy atom. The highest BCUT2D eigenvalue weighted by Crippen LogP contribution is 2.41. The number of carbonyl (C=O) groups is 2. The van der Waals surface area contributed by atoms with Gasteiger partial charge in [0.05, 0.1) is 5.51 Å². The molecule has 2 aromatic rings. The average Bonchev–Trinajstić information content (AvgIpc) is 3.45.